The minimum absolute atomic E-state index is 0.0693. The molecule has 4 atom stereocenters. The number of pyridine rings is 3. The smallest absolute Gasteiger partial charge is 0.266 e. The number of aliphatic hydroxyl groups excluding tert-OH is 1. The second-order valence-corrected chi connectivity index (χ2v) is 20.1. The quantitative estimate of drug-likeness (QED) is 0.0866. The number of thiazole rings is 1. The summed E-state index contributed by atoms with van der Waals surface area (Å²) in [5.74, 6) is -1.70. The van der Waals surface area contributed by atoms with Gasteiger partial charge in [-0.1, -0.05) is 51.1 Å². The molecule has 7 heterocycles. The van der Waals surface area contributed by atoms with Crippen LogP contribution in [0.15, 0.2) is 78.4 Å². The monoisotopic (exact) mass is 931 g/mol. The van der Waals surface area contributed by atoms with Crippen molar-refractivity contribution in [3.63, 3.8) is 0 Å². The van der Waals surface area contributed by atoms with Crippen molar-refractivity contribution in [3.05, 3.63) is 112 Å². The molecule has 3 fully saturated rings. The number of aromatic nitrogens is 4. The maximum atomic E-state index is 14.4. The summed E-state index contributed by atoms with van der Waals surface area (Å²) in [4.78, 5) is 53.2. The Morgan fingerprint density at radius 2 is 1.76 bits per heavy atom. The fourth-order valence-electron chi connectivity index (χ4n) is 9.34. The first-order chi connectivity index (χ1) is 32.0. The number of nitrogens with zero attached hydrogens (tertiary/aromatic N) is 8. The molecule has 4 aromatic heterocycles. The number of hydrogen-bond acceptors (Lipinski definition) is 13. The average Bonchev–Trinajstić information content (AvgIpc) is 4.03. The number of aryl methyl sites for hydroxylation is 1. The molecule has 0 unspecified atom stereocenters. The minimum Gasteiger partial charge on any atom is -0.391 e. The first kappa shape index (κ1) is 47.6. The summed E-state index contributed by atoms with van der Waals surface area (Å²) in [5.41, 5.74) is 7.42. The van der Waals surface area contributed by atoms with Crippen molar-refractivity contribution in [1.29, 1.82) is 5.26 Å². The fraction of sp³-hybridized carbons (Fsp3) is 0.460. The van der Waals surface area contributed by atoms with Crippen LogP contribution in [0.2, 0.25) is 0 Å². The van der Waals surface area contributed by atoms with E-state index in [0.29, 0.717) is 36.1 Å². The van der Waals surface area contributed by atoms with Crippen molar-refractivity contribution in [1.82, 2.24) is 40.4 Å². The van der Waals surface area contributed by atoms with E-state index in [1.54, 1.807) is 34.6 Å². The number of carbonyl (C=O) groups excluding carboxylic acids is 2. The van der Waals surface area contributed by atoms with E-state index in [0.717, 1.165) is 64.6 Å². The molecule has 5 aromatic rings. The van der Waals surface area contributed by atoms with E-state index in [1.165, 1.54) is 4.90 Å². The van der Waals surface area contributed by atoms with Crippen molar-refractivity contribution in [2.24, 2.45) is 5.41 Å². The Balaban J connectivity index is 0.877. The van der Waals surface area contributed by atoms with Crippen molar-refractivity contribution >= 4 is 40.6 Å². The zero-order valence-corrected chi connectivity index (χ0v) is 39.5. The van der Waals surface area contributed by atoms with Gasteiger partial charge in [0.2, 0.25) is 11.8 Å². The summed E-state index contributed by atoms with van der Waals surface area (Å²) in [6.45, 7) is 12.3. The molecule has 0 aliphatic carbocycles. The van der Waals surface area contributed by atoms with Crippen LogP contribution >= 0.6 is 11.3 Å². The Bertz CT molecular complexity index is 2590. The highest BCUT2D eigenvalue weighted by atomic mass is 32.1. The normalized spacial score (nSPS) is 19.8. The van der Waals surface area contributed by atoms with Gasteiger partial charge in [0.15, 0.2) is 0 Å². The number of anilines is 3. The molecule has 0 saturated carbocycles. The number of benzene rings is 1. The molecule has 0 radical (unpaired) electrons. The van der Waals surface area contributed by atoms with Crippen LogP contribution in [0.5, 0.6) is 0 Å². The molecule has 4 N–H and O–H groups in total. The molecule has 3 aliphatic heterocycles. The molecule has 0 bridgehead atoms. The largest absolute Gasteiger partial charge is 0.391 e. The minimum atomic E-state index is -2.77. The van der Waals surface area contributed by atoms with Gasteiger partial charge in [-0.05, 0) is 104 Å². The van der Waals surface area contributed by atoms with Gasteiger partial charge < -0.3 is 25.5 Å². The van der Waals surface area contributed by atoms with Crippen molar-refractivity contribution in [3.8, 4) is 16.5 Å². The topological polar surface area (TPSA) is 176 Å². The van der Waals surface area contributed by atoms with Gasteiger partial charge in [0.25, 0.3) is 5.92 Å². The first-order valence-corrected chi connectivity index (χ1v) is 23.9. The third-order valence-corrected chi connectivity index (χ3v) is 14.0. The van der Waals surface area contributed by atoms with Gasteiger partial charge in [0.1, 0.15) is 23.5 Å². The predicted molar refractivity (Wildman–Crippen MR) is 255 cm³/mol. The second kappa shape index (κ2) is 20.1. The molecule has 2 amide bonds. The van der Waals surface area contributed by atoms with E-state index in [2.05, 4.69) is 36.9 Å². The number of amides is 2. The summed E-state index contributed by atoms with van der Waals surface area (Å²) in [6.07, 6.45) is 2.36. The van der Waals surface area contributed by atoms with Crippen LogP contribution in [-0.2, 0) is 22.7 Å². The van der Waals surface area contributed by atoms with Gasteiger partial charge in [0, 0.05) is 45.2 Å². The fourth-order valence-corrected chi connectivity index (χ4v) is 10.1. The van der Waals surface area contributed by atoms with Crippen LogP contribution in [-0.4, -0.2) is 103 Å². The predicted octanol–water partition coefficient (Wildman–Crippen LogP) is 7.49. The molecule has 14 nitrogen and oxygen atoms in total. The highest BCUT2D eigenvalue weighted by molar-refractivity contribution is 7.13. The van der Waals surface area contributed by atoms with E-state index < -0.39 is 29.5 Å². The molecule has 3 aliphatic rings. The summed E-state index contributed by atoms with van der Waals surface area (Å²) in [6, 6.07) is 21.4. The van der Waals surface area contributed by atoms with Crippen LogP contribution in [0.4, 0.5) is 26.2 Å². The lowest BCUT2D eigenvalue weighted by Gasteiger charge is -2.35. The molecular weight excluding hydrogens is 873 g/mol. The molecule has 17 heteroatoms. The number of carbonyl (C=O) groups is 2. The molecule has 67 heavy (non-hydrogen) atoms. The third kappa shape index (κ3) is 11.6. The van der Waals surface area contributed by atoms with E-state index in [9.17, 15) is 28.7 Å². The maximum absolute atomic E-state index is 14.4. The number of hydrogen-bond donors (Lipinski definition) is 4. The zero-order valence-electron chi connectivity index (χ0n) is 38.7. The Labute approximate surface area is 394 Å². The van der Waals surface area contributed by atoms with Gasteiger partial charge in [-0.25, -0.2) is 23.7 Å². The standard InChI is InChI=1S/C50H59F2N11O3S/c1-31(34-9-11-36(12-10-34)45-32(2)56-30-67-45)57-47(65)41-24-40(64)28-63(41)48(66)46(49(3,4)5)55-26-38-7-6-8-39(58-38)27-61-18-14-35(15-19-61)37-22-43(59-42-21-33(25-53)13-17-54-42)60-44(23-37)62-20-16-50(51,52)29-62/h6-13,17,21-23,30-31,35,40-41,46,55,64H,14-16,18-20,24,26-29H2,1-5H3,(H,57,65)(H,54,59,60)/t31-,40+,41-,46+/m0/s1. The average molecular weight is 932 g/mol. The molecule has 0 spiro atoms. The molecule has 3 saturated heterocycles. The van der Waals surface area contributed by atoms with Gasteiger partial charge in [-0.15, -0.1) is 11.3 Å². The summed E-state index contributed by atoms with van der Waals surface area (Å²) in [7, 11) is 0. The van der Waals surface area contributed by atoms with E-state index in [4.69, 9.17) is 9.97 Å². The molecule has 352 valence electrons. The van der Waals surface area contributed by atoms with Gasteiger partial charge in [-0.3, -0.25) is 24.8 Å². The maximum Gasteiger partial charge on any atom is 0.266 e. The number of alkyl halides is 2. The van der Waals surface area contributed by atoms with Gasteiger partial charge in [-0.2, -0.15) is 5.26 Å². The van der Waals surface area contributed by atoms with E-state index in [-0.39, 0.29) is 56.3 Å². The number of halogens is 2. The Morgan fingerprint density at radius 3 is 2.45 bits per heavy atom. The number of piperidine rings is 1. The Morgan fingerprint density at radius 1 is 1.00 bits per heavy atom. The highest BCUT2D eigenvalue weighted by Gasteiger charge is 2.44. The SMILES string of the molecule is Cc1ncsc1-c1ccc([C@H](C)NC(=O)[C@@H]2C[C@@H](O)CN2C(=O)[C@@H](NCc2cccc(CN3CCC(c4cc(Nc5cc(C#N)ccn5)nc(N5CCC(F)(F)C5)c4)CC3)n2)C(C)(C)C)cc1. The lowest BCUT2D eigenvalue weighted by Crippen LogP contribution is -2.56. The van der Waals surface area contributed by atoms with Crippen LogP contribution in [0.25, 0.3) is 10.4 Å². The lowest BCUT2D eigenvalue weighted by atomic mass is 9.85. The summed E-state index contributed by atoms with van der Waals surface area (Å²) < 4.78 is 28.6. The Kier molecular flexibility index (Phi) is 14.3. The number of nitriles is 1. The first-order valence-electron chi connectivity index (χ1n) is 23.0. The van der Waals surface area contributed by atoms with E-state index >= 15 is 0 Å². The zero-order chi connectivity index (χ0) is 47.5. The number of β-amino-alcohol motifs (C(OH)–C–C–N with tert-alkyl or cyclic N) is 1. The number of rotatable bonds is 14. The van der Waals surface area contributed by atoms with Crippen molar-refractivity contribution < 1.29 is 23.5 Å². The highest BCUT2D eigenvalue weighted by Crippen LogP contribution is 2.36. The number of aliphatic hydroxyl groups is 1. The number of nitrogens with one attached hydrogen (secondary N) is 3. The van der Waals surface area contributed by atoms with E-state index in [1.807, 2.05) is 94.7 Å². The van der Waals surface area contributed by atoms with Crippen molar-refractivity contribution in [2.45, 2.75) is 109 Å². The number of likely N-dealkylation sites (tertiary alicyclic amines) is 2. The third-order valence-electron chi connectivity index (χ3n) is 13.0. The van der Waals surface area contributed by atoms with Crippen molar-refractivity contribution in [2.75, 3.05) is 42.9 Å². The second-order valence-electron chi connectivity index (χ2n) is 19.2. The van der Waals surface area contributed by atoms with Crippen LogP contribution in [0.3, 0.4) is 0 Å². The molecular formula is C50H59F2N11O3S. The Hall–Kier alpha value is -5.93. The summed E-state index contributed by atoms with van der Waals surface area (Å²) in [5, 5.41) is 29.9. The van der Waals surface area contributed by atoms with Crippen LogP contribution in [0, 0.1) is 23.7 Å². The van der Waals surface area contributed by atoms with Crippen LogP contribution in [0.1, 0.15) is 99.1 Å². The molecule has 8 rings (SSSR count). The summed E-state index contributed by atoms with van der Waals surface area (Å²) >= 11 is 1.59. The van der Waals surface area contributed by atoms with Gasteiger partial charge >= 0.3 is 0 Å². The molecule has 1 aromatic carbocycles. The van der Waals surface area contributed by atoms with Gasteiger partial charge in [0.05, 0.1) is 63.8 Å². The van der Waals surface area contributed by atoms with Crippen LogP contribution < -0.4 is 20.9 Å². The lowest BCUT2D eigenvalue weighted by molar-refractivity contribution is -0.142.